The van der Waals surface area contributed by atoms with Crippen molar-refractivity contribution in [3.63, 3.8) is 0 Å². The highest BCUT2D eigenvalue weighted by Crippen LogP contribution is 2.72. The smallest absolute Gasteiger partial charge is 0.331 e. The van der Waals surface area contributed by atoms with Gasteiger partial charge in [0.2, 0.25) is 0 Å². The molecule has 0 aromatic heterocycles. The number of aliphatic hydroxyl groups is 3. The van der Waals surface area contributed by atoms with Gasteiger partial charge in [0.25, 0.3) is 0 Å². The van der Waals surface area contributed by atoms with E-state index >= 15 is 0 Å². The average molecular weight is 549 g/mol. The third-order valence-electron chi connectivity index (χ3n) is 9.79. The maximum atomic E-state index is 13.1. The number of hydrogen-bond donors (Lipinski definition) is 3. The molecular formula is C29H40O10. The van der Waals surface area contributed by atoms with Crippen LogP contribution in [0.2, 0.25) is 0 Å². The maximum Gasteiger partial charge on any atom is 0.331 e. The van der Waals surface area contributed by atoms with E-state index < -0.39 is 70.9 Å². The van der Waals surface area contributed by atoms with Gasteiger partial charge in [-0.15, -0.1) is 0 Å². The molecule has 5 rings (SSSR count). The maximum absolute atomic E-state index is 13.1. The fraction of sp³-hybridized carbons (Fsp3) is 0.724. The zero-order chi connectivity index (χ0) is 28.2. The largest absolute Gasteiger partial charge is 0.465 e. The zero-order valence-corrected chi connectivity index (χ0v) is 22.9. The number of cyclic esters (lactones) is 1. The van der Waals surface area contributed by atoms with Gasteiger partial charge in [-0.25, -0.2) is 4.79 Å². The number of carbonyl (C=O) groups is 2. The number of epoxide rings is 1. The molecule has 0 amide bonds. The standard InChI is InChI=1S/C29H40O10/c1-16-9-23-28(12-19(16)31)14-36-26(34)10-17(2)20(32)13-35-21(18(3)30)7-5-6-8-25(33)39-22-11-24(38-23)29(15-37-29)27(22,28)4/h5-9,17-24,30-32H,10-15H2,1-4H3/b7-5+,8-6-/t17-,18-,19+,20+,21-,22+,23+,24+,27+,28-,29+/m1/s1. The van der Waals surface area contributed by atoms with Gasteiger partial charge in [-0.05, 0) is 31.8 Å². The van der Waals surface area contributed by atoms with Crippen molar-refractivity contribution in [3.8, 4) is 0 Å². The summed E-state index contributed by atoms with van der Waals surface area (Å²) in [6.07, 6.45) is 3.77. The van der Waals surface area contributed by atoms with Gasteiger partial charge in [-0.3, -0.25) is 4.79 Å². The minimum Gasteiger partial charge on any atom is -0.465 e. The molecule has 0 aromatic rings. The summed E-state index contributed by atoms with van der Waals surface area (Å²) in [4.78, 5) is 26.0. The number of carbonyl (C=O) groups excluding carboxylic acids is 2. The first kappa shape index (κ1) is 28.4. The van der Waals surface area contributed by atoms with Crippen LogP contribution in [0.25, 0.3) is 0 Å². The van der Waals surface area contributed by atoms with Crippen molar-refractivity contribution >= 4 is 11.9 Å². The van der Waals surface area contributed by atoms with E-state index in [0.29, 0.717) is 13.0 Å². The Bertz CT molecular complexity index is 1060. The number of hydrogen-bond acceptors (Lipinski definition) is 10. The average Bonchev–Trinajstić information content (AvgIpc) is 3.65. The van der Waals surface area contributed by atoms with Gasteiger partial charge < -0.3 is 39.0 Å². The van der Waals surface area contributed by atoms with E-state index in [1.165, 1.54) is 12.2 Å². The van der Waals surface area contributed by atoms with Crippen molar-refractivity contribution in [2.45, 2.75) is 95.3 Å². The molecule has 0 unspecified atom stereocenters. The second-order valence-corrected chi connectivity index (χ2v) is 12.1. The van der Waals surface area contributed by atoms with Crippen LogP contribution in [-0.4, -0.2) is 95.4 Å². The zero-order valence-electron chi connectivity index (χ0n) is 22.9. The Kier molecular flexibility index (Phi) is 7.58. The molecule has 216 valence electrons. The number of rotatable bonds is 1. The van der Waals surface area contributed by atoms with E-state index in [1.807, 2.05) is 19.9 Å². The van der Waals surface area contributed by atoms with Crippen molar-refractivity contribution in [1.82, 2.24) is 0 Å². The van der Waals surface area contributed by atoms with E-state index in [2.05, 4.69) is 0 Å². The molecule has 2 bridgehead atoms. The fourth-order valence-corrected chi connectivity index (χ4v) is 7.02. The Balaban J connectivity index is 1.52. The molecule has 39 heavy (non-hydrogen) atoms. The predicted octanol–water partition coefficient (Wildman–Crippen LogP) is 1.36. The molecule has 10 nitrogen and oxygen atoms in total. The van der Waals surface area contributed by atoms with E-state index in [9.17, 15) is 24.9 Å². The summed E-state index contributed by atoms with van der Waals surface area (Å²) in [7, 11) is 0. The minimum absolute atomic E-state index is 0.0547. The molecule has 3 aliphatic heterocycles. The lowest BCUT2D eigenvalue weighted by Gasteiger charge is -2.58. The molecule has 2 saturated heterocycles. The normalized spacial score (nSPS) is 49.0. The lowest BCUT2D eigenvalue weighted by atomic mass is 9.51. The number of ether oxygens (including phenoxy) is 5. The van der Waals surface area contributed by atoms with Crippen LogP contribution in [0.3, 0.4) is 0 Å². The van der Waals surface area contributed by atoms with Crippen molar-refractivity contribution in [3.05, 3.63) is 36.0 Å². The van der Waals surface area contributed by atoms with Crippen molar-refractivity contribution in [2.24, 2.45) is 16.7 Å². The molecule has 11 atom stereocenters. The van der Waals surface area contributed by atoms with Gasteiger partial charge in [0.1, 0.15) is 24.4 Å². The number of allylic oxidation sites excluding steroid dienone is 2. The van der Waals surface area contributed by atoms with Crippen LogP contribution in [0.1, 0.15) is 47.0 Å². The highest BCUT2D eigenvalue weighted by Gasteiger charge is 2.83. The summed E-state index contributed by atoms with van der Waals surface area (Å²) in [6.45, 7) is 7.40. The quantitative estimate of drug-likeness (QED) is 0.250. The predicted molar refractivity (Wildman–Crippen MR) is 137 cm³/mol. The molecule has 1 saturated carbocycles. The van der Waals surface area contributed by atoms with Gasteiger partial charge in [-0.2, -0.15) is 0 Å². The van der Waals surface area contributed by atoms with Gasteiger partial charge in [0.15, 0.2) is 0 Å². The summed E-state index contributed by atoms with van der Waals surface area (Å²) in [5.74, 6) is -1.53. The molecule has 0 radical (unpaired) electrons. The Morgan fingerprint density at radius 3 is 2.56 bits per heavy atom. The van der Waals surface area contributed by atoms with Crippen molar-refractivity contribution < 1.29 is 48.6 Å². The molecule has 2 spiro atoms. The summed E-state index contributed by atoms with van der Waals surface area (Å²) < 4.78 is 30.2. The molecule has 0 aromatic carbocycles. The van der Waals surface area contributed by atoms with Crippen LogP contribution in [0.5, 0.6) is 0 Å². The lowest BCUT2D eigenvalue weighted by molar-refractivity contribution is -0.239. The number of esters is 2. The molecule has 2 aliphatic carbocycles. The highest BCUT2D eigenvalue weighted by atomic mass is 16.6. The van der Waals surface area contributed by atoms with Crippen LogP contribution < -0.4 is 0 Å². The first-order chi connectivity index (χ1) is 18.4. The monoisotopic (exact) mass is 548 g/mol. The molecular weight excluding hydrogens is 508 g/mol. The van der Waals surface area contributed by atoms with Crippen LogP contribution in [0, 0.1) is 16.7 Å². The summed E-state index contributed by atoms with van der Waals surface area (Å²) in [5, 5.41) is 31.7. The van der Waals surface area contributed by atoms with Gasteiger partial charge >= 0.3 is 11.9 Å². The molecule has 10 heteroatoms. The van der Waals surface area contributed by atoms with Crippen molar-refractivity contribution in [2.75, 3.05) is 19.8 Å². The Labute approximate surface area is 228 Å². The summed E-state index contributed by atoms with van der Waals surface area (Å²) >= 11 is 0. The van der Waals surface area contributed by atoms with E-state index in [-0.39, 0.29) is 32.2 Å². The Morgan fingerprint density at radius 2 is 1.87 bits per heavy atom. The second kappa shape index (κ2) is 10.4. The van der Waals surface area contributed by atoms with Crippen LogP contribution >= 0.6 is 0 Å². The summed E-state index contributed by atoms with van der Waals surface area (Å²) in [6, 6.07) is 0. The summed E-state index contributed by atoms with van der Waals surface area (Å²) in [5.41, 5.74) is -1.66. The lowest BCUT2D eigenvalue weighted by Crippen LogP contribution is -2.68. The third kappa shape index (κ3) is 4.69. The number of aliphatic hydroxyl groups excluding tert-OH is 3. The van der Waals surface area contributed by atoms with Crippen LogP contribution in [0.4, 0.5) is 0 Å². The van der Waals surface area contributed by atoms with Gasteiger partial charge in [0, 0.05) is 17.9 Å². The highest BCUT2D eigenvalue weighted by molar-refractivity contribution is 5.82. The fourth-order valence-electron chi connectivity index (χ4n) is 7.02. The first-order valence-corrected chi connectivity index (χ1v) is 13.8. The third-order valence-corrected chi connectivity index (χ3v) is 9.79. The van der Waals surface area contributed by atoms with Crippen molar-refractivity contribution in [1.29, 1.82) is 0 Å². The van der Waals surface area contributed by atoms with E-state index in [4.69, 9.17) is 23.7 Å². The SMILES string of the molecule is CC1=C[C@@H]2O[C@H]3C[C@@H]4OC(=O)/C=C\C=C\[C@H]([C@@H](C)O)OC[C@H](O)[C@H](C)CC(=O)OC[C@@]2(C[C@@H]1O)[C@@]4(C)[C@]31CO1. The second-order valence-electron chi connectivity index (χ2n) is 12.1. The molecule has 5 aliphatic rings. The topological polar surface area (TPSA) is 144 Å². The van der Waals surface area contributed by atoms with E-state index in [1.54, 1.807) is 26.0 Å². The van der Waals surface area contributed by atoms with Gasteiger partial charge in [-0.1, -0.05) is 38.2 Å². The Hall–Kier alpha value is -2.08. The van der Waals surface area contributed by atoms with Crippen LogP contribution in [-0.2, 0) is 33.3 Å². The molecule has 3 N–H and O–H groups in total. The molecule has 3 fully saturated rings. The Morgan fingerprint density at radius 1 is 1.13 bits per heavy atom. The minimum atomic E-state index is -0.969. The first-order valence-electron chi connectivity index (χ1n) is 13.8. The van der Waals surface area contributed by atoms with Gasteiger partial charge in [0.05, 0.1) is 55.6 Å². The molecule has 3 heterocycles. The van der Waals surface area contributed by atoms with E-state index in [0.717, 1.165) is 5.57 Å². The van der Waals surface area contributed by atoms with Crippen LogP contribution in [0.15, 0.2) is 36.0 Å².